The summed E-state index contributed by atoms with van der Waals surface area (Å²) in [5.41, 5.74) is 1.60. The minimum Gasteiger partial charge on any atom is -0.493 e. The fraction of sp³-hybridized carbons (Fsp3) is 0.524. The fourth-order valence-corrected chi connectivity index (χ4v) is 3.85. The molecule has 8 nitrogen and oxygen atoms in total. The van der Waals surface area contributed by atoms with Crippen LogP contribution < -0.4 is 19.8 Å². The summed E-state index contributed by atoms with van der Waals surface area (Å²) in [6.45, 7) is 2.87. The van der Waals surface area contributed by atoms with Gasteiger partial charge >= 0.3 is 0 Å². The molecule has 0 spiro atoms. The van der Waals surface area contributed by atoms with E-state index in [1.807, 2.05) is 12.1 Å². The highest BCUT2D eigenvalue weighted by Crippen LogP contribution is 2.38. The molecule has 2 aromatic rings. The first-order chi connectivity index (χ1) is 14.1. The lowest BCUT2D eigenvalue weighted by atomic mass is 9.96. The number of hydrogen-bond acceptors (Lipinski definition) is 7. The van der Waals surface area contributed by atoms with Crippen LogP contribution in [0.4, 0.5) is 0 Å². The number of methoxy groups -OCH3 is 4. The zero-order valence-electron chi connectivity index (χ0n) is 17.5. The molecule has 0 saturated carbocycles. The molecular weight excluding hydrogens is 374 g/mol. The first kappa shape index (κ1) is 21.1. The van der Waals surface area contributed by atoms with E-state index in [0.29, 0.717) is 29.5 Å². The summed E-state index contributed by atoms with van der Waals surface area (Å²) >= 11 is 0. The Balaban J connectivity index is 1.77. The number of aromatic amines is 1. The molecule has 1 aliphatic heterocycles. The van der Waals surface area contributed by atoms with Crippen molar-refractivity contribution in [2.75, 3.05) is 41.5 Å². The Morgan fingerprint density at radius 1 is 1.10 bits per heavy atom. The van der Waals surface area contributed by atoms with Gasteiger partial charge in [0.05, 0.1) is 33.6 Å². The summed E-state index contributed by atoms with van der Waals surface area (Å²) in [5.74, 6) is 2.80. The Morgan fingerprint density at radius 3 is 2.45 bits per heavy atom. The number of nitrogens with zero attached hydrogens (tertiary/aromatic N) is 2. The number of benzene rings is 1. The predicted molar refractivity (Wildman–Crippen MR) is 109 cm³/mol. The van der Waals surface area contributed by atoms with Gasteiger partial charge in [-0.05, 0) is 37.1 Å². The van der Waals surface area contributed by atoms with Crippen LogP contribution in [0, 0.1) is 0 Å². The topological polar surface area (TPSA) is 85.9 Å². The summed E-state index contributed by atoms with van der Waals surface area (Å²) in [7, 11) is 6.43. The van der Waals surface area contributed by atoms with Crippen molar-refractivity contribution in [3.63, 3.8) is 0 Å². The molecule has 1 atom stereocenters. The van der Waals surface area contributed by atoms with Crippen LogP contribution in [-0.2, 0) is 17.9 Å². The van der Waals surface area contributed by atoms with E-state index in [1.54, 1.807) is 28.4 Å². The number of hydrogen-bond donors (Lipinski definition) is 1. The number of nitrogens with one attached hydrogen (secondary N) is 1. The first-order valence-corrected chi connectivity index (χ1v) is 9.68. The highest BCUT2D eigenvalue weighted by Gasteiger charge is 2.24. The number of rotatable bonds is 8. The average Bonchev–Trinajstić information content (AvgIpc) is 2.73. The van der Waals surface area contributed by atoms with Crippen molar-refractivity contribution in [2.45, 2.75) is 31.9 Å². The third-order valence-corrected chi connectivity index (χ3v) is 5.13. The van der Waals surface area contributed by atoms with Gasteiger partial charge in [-0.15, -0.1) is 0 Å². The van der Waals surface area contributed by atoms with Crippen LogP contribution in [0.2, 0.25) is 0 Å². The standard InChI is InChI=1S/C21H29N3O5/c1-26-13-16-10-19(25)23-21(22-16)15-6-5-7-24(12-15)11-14-8-17(27-2)20(29-4)18(9-14)28-3/h8-10,15H,5-7,11-13H2,1-4H3,(H,22,23,25)/t15-/m0/s1. The summed E-state index contributed by atoms with van der Waals surface area (Å²) in [6, 6.07) is 5.44. The van der Waals surface area contributed by atoms with E-state index in [0.717, 1.165) is 43.9 Å². The van der Waals surface area contributed by atoms with Gasteiger partial charge in [0.25, 0.3) is 5.56 Å². The Morgan fingerprint density at radius 2 is 1.83 bits per heavy atom. The monoisotopic (exact) mass is 403 g/mol. The second kappa shape index (κ2) is 9.76. The molecule has 0 unspecified atom stereocenters. The van der Waals surface area contributed by atoms with E-state index in [4.69, 9.17) is 18.9 Å². The Kier molecular flexibility index (Phi) is 7.11. The second-order valence-electron chi connectivity index (χ2n) is 7.16. The highest BCUT2D eigenvalue weighted by atomic mass is 16.5. The van der Waals surface area contributed by atoms with E-state index >= 15 is 0 Å². The third kappa shape index (κ3) is 5.07. The molecule has 0 bridgehead atoms. The molecule has 1 saturated heterocycles. The molecule has 8 heteroatoms. The summed E-state index contributed by atoms with van der Waals surface area (Å²) in [6.07, 6.45) is 2.03. The van der Waals surface area contributed by atoms with E-state index in [9.17, 15) is 4.79 Å². The number of aromatic nitrogens is 2. The van der Waals surface area contributed by atoms with E-state index < -0.39 is 0 Å². The molecular formula is C21H29N3O5. The van der Waals surface area contributed by atoms with Crippen molar-refractivity contribution in [2.24, 2.45) is 0 Å². The summed E-state index contributed by atoms with van der Waals surface area (Å²) in [5, 5.41) is 0. The van der Waals surface area contributed by atoms with Gasteiger partial charge in [0, 0.05) is 32.2 Å². The molecule has 3 rings (SSSR count). The lowest BCUT2D eigenvalue weighted by molar-refractivity contribution is 0.178. The van der Waals surface area contributed by atoms with Gasteiger partial charge in [0.1, 0.15) is 5.82 Å². The largest absolute Gasteiger partial charge is 0.493 e. The van der Waals surface area contributed by atoms with E-state index in [2.05, 4.69) is 14.9 Å². The van der Waals surface area contributed by atoms with Crippen molar-refractivity contribution in [3.8, 4) is 17.2 Å². The quantitative estimate of drug-likeness (QED) is 0.724. The van der Waals surface area contributed by atoms with Crippen molar-refractivity contribution in [1.82, 2.24) is 14.9 Å². The normalized spacial score (nSPS) is 17.2. The number of H-pyrrole nitrogens is 1. The lowest BCUT2D eigenvalue weighted by Crippen LogP contribution is -2.35. The zero-order chi connectivity index (χ0) is 20.8. The maximum atomic E-state index is 12.0. The Bertz CT molecular complexity index is 858. The van der Waals surface area contributed by atoms with E-state index in [1.165, 1.54) is 6.07 Å². The smallest absolute Gasteiger partial charge is 0.251 e. The molecule has 0 aliphatic carbocycles. The third-order valence-electron chi connectivity index (χ3n) is 5.13. The Hall–Kier alpha value is -2.58. The Labute approximate surface area is 170 Å². The highest BCUT2D eigenvalue weighted by molar-refractivity contribution is 5.53. The maximum Gasteiger partial charge on any atom is 0.251 e. The van der Waals surface area contributed by atoms with Crippen LogP contribution in [0.1, 0.15) is 35.8 Å². The van der Waals surface area contributed by atoms with Crippen molar-refractivity contribution >= 4 is 0 Å². The van der Waals surface area contributed by atoms with Crippen molar-refractivity contribution in [1.29, 1.82) is 0 Å². The van der Waals surface area contributed by atoms with Crippen molar-refractivity contribution in [3.05, 3.63) is 45.6 Å². The van der Waals surface area contributed by atoms with Gasteiger partial charge in [-0.3, -0.25) is 9.69 Å². The molecule has 0 amide bonds. The van der Waals surface area contributed by atoms with Crippen molar-refractivity contribution < 1.29 is 18.9 Å². The van der Waals surface area contributed by atoms with Gasteiger partial charge in [-0.1, -0.05) is 0 Å². The zero-order valence-corrected chi connectivity index (χ0v) is 17.5. The SMILES string of the molecule is COCc1cc(=O)[nH]c([C@H]2CCCN(Cc3cc(OC)c(OC)c(OC)c3)C2)n1. The molecule has 1 aliphatic rings. The minimum atomic E-state index is -0.135. The number of piperidine rings is 1. The maximum absolute atomic E-state index is 12.0. The van der Waals surface area contributed by atoms with Crippen LogP contribution >= 0.6 is 0 Å². The van der Waals surface area contributed by atoms with Gasteiger partial charge in [0.15, 0.2) is 11.5 Å². The van der Waals surface area contributed by atoms with Crippen LogP contribution in [-0.4, -0.2) is 56.4 Å². The molecule has 0 radical (unpaired) electrons. The molecule has 29 heavy (non-hydrogen) atoms. The molecule has 1 fully saturated rings. The second-order valence-corrected chi connectivity index (χ2v) is 7.16. The summed E-state index contributed by atoms with van der Waals surface area (Å²) in [4.78, 5) is 21.9. The molecule has 1 N–H and O–H groups in total. The number of likely N-dealkylation sites (tertiary alicyclic amines) is 1. The van der Waals surface area contributed by atoms with E-state index in [-0.39, 0.29) is 11.5 Å². The van der Waals surface area contributed by atoms with Gasteiger partial charge in [0.2, 0.25) is 5.75 Å². The van der Waals surface area contributed by atoms with Gasteiger partial charge < -0.3 is 23.9 Å². The predicted octanol–water partition coefficient (Wildman–Crippen LogP) is 2.32. The van der Waals surface area contributed by atoms with Crippen LogP contribution in [0.25, 0.3) is 0 Å². The van der Waals surface area contributed by atoms with Crippen LogP contribution in [0.5, 0.6) is 17.2 Å². The molecule has 1 aromatic carbocycles. The lowest BCUT2D eigenvalue weighted by Gasteiger charge is -2.32. The molecule has 158 valence electrons. The minimum absolute atomic E-state index is 0.135. The average molecular weight is 403 g/mol. The summed E-state index contributed by atoms with van der Waals surface area (Å²) < 4.78 is 21.5. The van der Waals surface area contributed by atoms with Gasteiger partial charge in [-0.25, -0.2) is 4.98 Å². The van der Waals surface area contributed by atoms with Gasteiger partial charge in [-0.2, -0.15) is 0 Å². The first-order valence-electron chi connectivity index (χ1n) is 9.68. The molecule has 2 heterocycles. The van der Waals surface area contributed by atoms with Crippen LogP contribution in [0.3, 0.4) is 0 Å². The number of ether oxygens (including phenoxy) is 4. The fourth-order valence-electron chi connectivity index (χ4n) is 3.85. The molecule has 1 aromatic heterocycles. The van der Waals surface area contributed by atoms with Crippen LogP contribution in [0.15, 0.2) is 23.0 Å².